The summed E-state index contributed by atoms with van der Waals surface area (Å²) >= 11 is 0. The largest absolute Gasteiger partial charge is 0.345 e. The summed E-state index contributed by atoms with van der Waals surface area (Å²) in [4.78, 5) is 0. The van der Waals surface area contributed by atoms with E-state index >= 15 is 0 Å². The van der Waals surface area contributed by atoms with Crippen molar-refractivity contribution in [3.8, 4) is 29.3 Å². The quantitative estimate of drug-likeness (QED) is 0.872. The van der Waals surface area contributed by atoms with Crippen molar-refractivity contribution >= 4 is 5.69 Å². The highest BCUT2D eigenvalue weighted by atomic mass is 19.1. The van der Waals surface area contributed by atoms with Gasteiger partial charge >= 0.3 is 0 Å². The van der Waals surface area contributed by atoms with Gasteiger partial charge in [-0.2, -0.15) is 15.8 Å². The van der Waals surface area contributed by atoms with Crippen LogP contribution in [0.3, 0.4) is 0 Å². The van der Waals surface area contributed by atoms with E-state index in [0.717, 1.165) is 5.56 Å². The van der Waals surface area contributed by atoms with Gasteiger partial charge in [0.2, 0.25) is 0 Å². The Morgan fingerprint density at radius 1 is 0.864 bits per heavy atom. The zero-order chi connectivity index (χ0) is 15.9. The van der Waals surface area contributed by atoms with E-state index in [1.807, 2.05) is 0 Å². The van der Waals surface area contributed by atoms with Crippen molar-refractivity contribution in [3.05, 3.63) is 65.6 Å². The summed E-state index contributed by atoms with van der Waals surface area (Å²) in [6.45, 7) is 0. The molecular formula is C17H9FN4. The van der Waals surface area contributed by atoms with Gasteiger partial charge in [0.15, 0.2) is 5.57 Å². The van der Waals surface area contributed by atoms with Crippen molar-refractivity contribution in [2.75, 3.05) is 5.32 Å². The van der Waals surface area contributed by atoms with Gasteiger partial charge in [0, 0.05) is 5.69 Å². The summed E-state index contributed by atoms with van der Waals surface area (Å²) in [5, 5.41) is 29.4. The molecule has 104 valence electrons. The molecule has 0 heterocycles. The van der Waals surface area contributed by atoms with Gasteiger partial charge in [0.05, 0.1) is 0 Å². The molecule has 22 heavy (non-hydrogen) atoms. The van der Waals surface area contributed by atoms with Crippen molar-refractivity contribution in [2.24, 2.45) is 0 Å². The number of anilines is 1. The SMILES string of the molecule is N#CC(C#N)=C(C#N)Nc1cccc(-c2cccc(F)c2)c1. The van der Waals surface area contributed by atoms with Crippen LogP contribution in [-0.4, -0.2) is 0 Å². The second-order valence-electron chi connectivity index (χ2n) is 4.30. The van der Waals surface area contributed by atoms with E-state index in [9.17, 15) is 4.39 Å². The van der Waals surface area contributed by atoms with Gasteiger partial charge in [0.25, 0.3) is 0 Å². The number of rotatable bonds is 3. The van der Waals surface area contributed by atoms with Gasteiger partial charge in [-0.25, -0.2) is 4.39 Å². The van der Waals surface area contributed by atoms with Crippen LogP contribution >= 0.6 is 0 Å². The van der Waals surface area contributed by atoms with Crippen LogP contribution in [0.1, 0.15) is 0 Å². The Morgan fingerprint density at radius 2 is 1.50 bits per heavy atom. The highest BCUT2D eigenvalue weighted by molar-refractivity contribution is 5.70. The van der Waals surface area contributed by atoms with E-state index in [1.165, 1.54) is 12.1 Å². The third-order valence-corrected chi connectivity index (χ3v) is 2.88. The second-order valence-corrected chi connectivity index (χ2v) is 4.30. The second kappa shape index (κ2) is 6.70. The van der Waals surface area contributed by atoms with Crippen molar-refractivity contribution in [3.63, 3.8) is 0 Å². The van der Waals surface area contributed by atoms with Crippen molar-refractivity contribution in [2.45, 2.75) is 0 Å². The van der Waals surface area contributed by atoms with Gasteiger partial charge in [-0.3, -0.25) is 0 Å². The summed E-state index contributed by atoms with van der Waals surface area (Å²) < 4.78 is 13.3. The maximum Gasteiger partial charge on any atom is 0.163 e. The maximum absolute atomic E-state index is 13.3. The molecule has 1 N–H and O–H groups in total. The summed E-state index contributed by atoms with van der Waals surface area (Å²) in [7, 11) is 0. The highest BCUT2D eigenvalue weighted by Crippen LogP contribution is 2.24. The molecule has 0 saturated carbocycles. The fourth-order valence-corrected chi connectivity index (χ4v) is 1.87. The van der Waals surface area contributed by atoms with Crippen LogP contribution in [0, 0.1) is 39.8 Å². The molecule has 4 nitrogen and oxygen atoms in total. The number of nitrogens with one attached hydrogen (secondary N) is 1. The normalized spacial score (nSPS) is 9.00. The maximum atomic E-state index is 13.3. The lowest BCUT2D eigenvalue weighted by Crippen LogP contribution is -2.00. The van der Waals surface area contributed by atoms with Crippen LogP contribution in [0.5, 0.6) is 0 Å². The first kappa shape index (κ1) is 14.8. The zero-order valence-electron chi connectivity index (χ0n) is 11.3. The van der Waals surface area contributed by atoms with Crippen LogP contribution in [0.4, 0.5) is 10.1 Å². The minimum Gasteiger partial charge on any atom is -0.345 e. The number of nitrogens with zero attached hydrogens (tertiary/aromatic N) is 3. The number of nitriles is 3. The number of allylic oxidation sites excluding steroid dienone is 2. The minimum absolute atomic E-state index is 0.124. The lowest BCUT2D eigenvalue weighted by atomic mass is 10.0. The molecule has 5 heteroatoms. The molecule has 0 radical (unpaired) electrons. The first-order valence-corrected chi connectivity index (χ1v) is 6.25. The molecule has 0 spiro atoms. The molecule has 0 amide bonds. The molecule has 0 bridgehead atoms. The molecule has 2 aromatic rings. The van der Waals surface area contributed by atoms with E-state index in [4.69, 9.17) is 15.8 Å². The first-order chi connectivity index (χ1) is 10.7. The van der Waals surface area contributed by atoms with E-state index in [-0.39, 0.29) is 17.1 Å². The average Bonchev–Trinajstić information content (AvgIpc) is 2.55. The fourth-order valence-electron chi connectivity index (χ4n) is 1.87. The lowest BCUT2D eigenvalue weighted by molar-refractivity contribution is 0.628. The zero-order valence-corrected chi connectivity index (χ0v) is 11.3. The minimum atomic E-state index is -0.343. The van der Waals surface area contributed by atoms with Crippen LogP contribution in [0.15, 0.2) is 59.8 Å². The van der Waals surface area contributed by atoms with E-state index in [0.29, 0.717) is 11.3 Å². The van der Waals surface area contributed by atoms with Crippen LogP contribution in [-0.2, 0) is 0 Å². The molecule has 2 aromatic carbocycles. The molecule has 0 aliphatic carbocycles. The predicted octanol–water partition coefficient (Wildman–Crippen LogP) is 3.73. The van der Waals surface area contributed by atoms with Crippen molar-refractivity contribution in [1.82, 2.24) is 0 Å². The van der Waals surface area contributed by atoms with Crippen molar-refractivity contribution in [1.29, 1.82) is 15.8 Å². The summed E-state index contributed by atoms with van der Waals surface area (Å²) in [5.74, 6) is -0.343. The third-order valence-electron chi connectivity index (χ3n) is 2.88. The van der Waals surface area contributed by atoms with Gasteiger partial charge in [-0.05, 0) is 35.4 Å². The Hall–Kier alpha value is -3.62. The third kappa shape index (κ3) is 3.28. The standard InChI is InChI=1S/C17H9FN4/c18-15-5-1-3-12(7-15)13-4-2-6-16(8-13)22-17(11-21)14(9-19)10-20/h1-8,22H. The molecule has 0 aromatic heterocycles. The highest BCUT2D eigenvalue weighted by Gasteiger charge is 2.07. The Balaban J connectivity index is 2.39. The van der Waals surface area contributed by atoms with Gasteiger partial charge < -0.3 is 5.32 Å². The van der Waals surface area contributed by atoms with Crippen LogP contribution < -0.4 is 5.32 Å². The summed E-state index contributed by atoms with van der Waals surface area (Å²) in [6, 6.07) is 18.2. The molecule has 2 rings (SSSR count). The Labute approximate surface area is 127 Å². The number of halogens is 1. The number of hydrogen-bond donors (Lipinski definition) is 1. The topological polar surface area (TPSA) is 83.4 Å². The predicted molar refractivity (Wildman–Crippen MR) is 79.3 cm³/mol. The Morgan fingerprint density at radius 3 is 2.09 bits per heavy atom. The molecule has 0 fully saturated rings. The molecule has 0 unspecified atom stereocenters. The monoisotopic (exact) mass is 288 g/mol. The summed E-state index contributed by atoms with van der Waals surface area (Å²) in [6.07, 6.45) is 0. The van der Waals surface area contributed by atoms with E-state index < -0.39 is 0 Å². The Kier molecular flexibility index (Phi) is 4.50. The lowest BCUT2D eigenvalue weighted by Gasteiger charge is -2.07. The average molecular weight is 288 g/mol. The molecule has 0 atom stereocenters. The number of benzene rings is 2. The summed E-state index contributed by atoms with van der Waals surface area (Å²) in [5.41, 5.74) is 1.55. The fraction of sp³-hybridized carbons (Fsp3) is 0. The van der Waals surface area contributed by atoms with E-state index in [1.54, 1.807) is 54.6 Å². The van der Waals surface area contributed by atoms with Crippen LogP contribution in [0.25, 0.3) is 11.1 Å². The smallest absolute Gasteiger partial charge is 0.163 e. The molecule has 0 aliphatic heterocycles. The first-order valence-electron chi connectivity index (χ1n) is 6.25. The van der Waals surface area contributed by atoms with E-state index in [2.05, 4.69) is 5.32 Å². The molecular weight excluding hydrogens is 279 g/mol. The molecule has 0 aliphatic rings. The Bertz CT molecular complexity index is 847. The van der Waals surface area contributed by atoms with Crippen molar-refractivity contribution < 1.29 is 4.39 Å². The van der Waals surface area contributed by atoms with Gasteiger partial charge in [-0.1, -0.05) is 24.3 Å². The van der Waals surface area contributed by atoms with Gasteiger partial charge in [-0.15, -0.1) is 0 Å². The van der Waals surface area contributed by atoms with Crippen LogP contribution in [0.2, 0.25) is 0 Å². The van der Waals surface area contributed by atoms with Gasteiger partial charge in [0.1, 0.15) is 29.7 Å². The number of hydrogen-bond acceptors (Lipinski definition) is 4. The molecule has 0 saturated heterocycles.